The number of carbonyl (C=O) groups is 2. The number of amides is 3. The maximum Gasteiger partial charge on any atom is 0.416 e. The van der Waals surface area contributed by atoms with Crippen molar-refractivity contribution in [3.63, 3.8) is 0 Å². The molecular formula is C29H30F3N5O4S. The van der Waals surface area contributed by atoms with Crippen LogP contribution < -0.4 is 10.2 Å². The van der Waals surface area contributed by atoms with Gasteiger partial charge in [0.15, 0.2) is 0 Å². The summed E-state index contributed by atoms with van der Waals surface area (Å²) in [6.07, 6.45) is -4.51. The summed E-state index contributed by atoms with van der Waals surface area (Å²) in [5.41, 5.74) is 0.326. The van der Waals surface area contributed by atoms with Crippen LogP contribution in [0.15, 0.2) is 89.8 Å². The van der Waals surface area contributed by atoms with Crippen molar-refractivity contribution in [3.8, 4) is 0 Å². The third-order valence-corrected chi connectivity index (χ3v) is 9.35. The molecule has 0 spiro atoms. The maximum absolute atomic E-state index is 13.9. The Morgan fingerprint density at radius 1 is 0.738 bits per heavy atom. The summed E-state index contributed by atoms with van der Waals surface area (Å²) in [7, 11) is -4.06. The first-order valence-corrected chi connectivity index (χ1v) is 14.9. The van der Waals surface area contributed by atoms with Gasteiger partial charge in [-0.3, -0.25) is 4.79 Å². The average molecular weight is 602 g/mol. The molecule has 2 heterocycles. The zero-order valence-corrected chi connectivity index (χ0v) is 23.4. The summed E-state index contributed by atoms with van der Waals surface area (Å²) < 4.78 is 67.2. The minimum absolute atomic E-state index is 0.00982. The van der Waals surface area contributed by atoms with Crippen LogP contribution in [0, 0.1) is 0 Å². The predicted molar refractivity (Wildman–Crippen MR) is 151 cm³/mol. The fourth-order valence-corrected chi connectivity index (χ4v) is 6.73. The quantitative estimate of drug-likeness (QED) is 0.478. The molecule has 2 aliphatic rings. The van der Waals surface area contributed by atoms with Crippen molar-refractivity contribution in [1.29, 1.82) is 0 Å². The first kappa shape index (κ1) is 29.4. The van der Waals surface area contributed by atoms with Gasteiger partial charge < -0.3 is 20.0 Å². The number of benzene rings is 3. The molecule has 0 radical (unpaired) electrons. The second-order valence-corrected chi connectivity index (χ2v) is 11.9. The largest absolute Gasteiger partial charge is 0.416 e. The number of hydrogen-bond donors (Lipinski definition) is 1. The summed E-state index contributed by atoms with van der Waals surface area (Å²) >= 11 is 0. The summed E-state index contributed by atoms with van der Waals surface area (Å²) in [5, 5.41) is 2.56. The Labute approximate surface area is 242 Å². The normalized spacial score (nSPS) is 18.5. The van der Waals surface area contributed by atoms with Gasteiger partial charge in [-0.25, -0.2) is 13.2 Å². The molecule has 3 amide bonds. The van der Waals surface area contributed by atoms with Crippen molar-refractivity contribution >= 4 is 33.3 Å². The average Bonchev–Trinajstić information content (AvgIpc) is 3.01. The molecule has 3 aromatic carbocycles. The standard InChI is InChI=1S/C29H30F3N5O4S/c30-29(31,32)22-11-13-23(14-12-22)33-28(39)36-19-20-37(42(40,41)25-9-5-2-6-10-25)26(21-36)27(38)35-17-15-34(16-18-35)24-7-3-1-4-8-24/h1-14,26H,15-21H2,(H,33,39). The molecule has 2 fully saturated rings. The number of piperazine rings is 2. The number of alkyl halides is 3. The van der Waals surface area contributed by atoms with Gasteiger partial charge in [-0.2, -0.15) is 17.5 Å². The lowest BCUT2D eigenvalue weighted by Gasteiger charge is -2.43. The van der Waals surface area contributed by atoms with Crippen molar-refractivity contribution in [1.82, 2.24) is 14.1 Å². The van der Waals surface area contributed by atoms with E-state index in [1.807, 2.05) is 30.3 Å². The van der Waals surface area contributed by atoms with Crippen LogP contribution in [0.4, 0.5) is 29.3 Å². The number of rotatable bonds is 5. The topological polar surface area (TPSA) is 93.3 Å². The highest BCUT2D eigenvalue weighted by Crippen LogP contribution is 2.30. The molecule has 0 aromatic heterocycles. The third kappa shape index (κ3) is 6.36. The molecule has 1 N–H and O–H groups in total. The zero-order valence-electron chi connectivity index (χ0n) is 22.6. The Kier molecular flexibility index (Phi) is 8.41. The van der Waals surface area contributed by atoms with Crippen LogP contribution >= 0.6 is 0 Å². The van der Waals surface area contributed by atoms with Gasteiger partial charge in [0.25, 0.3) is 0 Å². The Hall–Kier alpha value is -4.10. The molecule has 0 bridgehead atoms. The number of anilines is 2. The number of para-hydroxylation sites is 1. The molecule has 0 aliphatic carbocycles. The molecule has 42 heavy (non-hydrogen) atoms. The van der Waals surface area contributed by atoms with E-state index in [4.69, 9.17) is 0 Å². The maximum atomic E-state index is 13.9. The summed E-state index contributed by atoms with van der Waals surface area (Å²) in [6, 6.07) is 19.8. The summed E-state index contributed by atoms with van der Waals surface area (Å²) in [5.74, 6) is -0.408. The molecule has 2 aliphatic heterocycles. The highest BCUT2D eigenvalue weighted by Gasteiger charge is 2.43. The second kappa shape index (κ2) is 12.0. The van der Waals surface area contributed by atoms with E-state index >= 15 is 0 Å². The highest BCUT2D eigenvalue weighted by atomic mass is 32.2. The molecule has 2 saturated heterocycles. The molecular weight excluding hydrogens is 571 g/mol. The van der Waals surface area contributed by atoms with Gasteiger partial charge in [-0.15, -0.1) is 0 Å². The number of halogens is 3. The minimum atomic E-state index is -4.51. The number of urea groups is 1. The second-order valence-electron chi connectivity index (χ2n) is 10.0. The Bertz CT molecular complexity index is 1500. The minimum Gasteiger partial charge on any atom is -0.368 e. The molecule has 222 valence electrons. The molecule has 5 rings (SSSR count). The van der Waals surface area contributed by atoms with Gasteiger partial charge in [-0.1, -0.05) is 36.4 Å². The lowest BCUT2D eigenvalue weighted by Crippen LogP contribution is -2.63. The van der Waals surface area contributed by atoms with Gasteiger partial charge in [-0.05, 0) is 48.5 Å². The van der Waals surface area contributed by atoms with Crippen LogP contribution in [-0.2, 0) is 21.0 Å². The number of sulfonamides is 1. The van der Waals surface area contributed by atoms with E-state index in [2.05, 4.69) is 10.2 Å². The molecule has 9 nitrogen and oxygen atoms in total. The first-order valence-electron chi connectivity index (χ1n) is 13.4. The molecule has 13 heteroatoms. The van der Waals surface area contributed by atoms with Gasteiger partial charge >= 0.3 is 12.2 Å². The molecule has 1 unspecified atom stereocenters. The van der Waals surface area contributed by atoms with Gasteiger partial charge in [0.2, 0.25) is 15.9 Å². The van der Waals surface area contributed by atoms with Crippen LogP contribution in [0.25, 0.3) is 0 Å². The van der Waals surface area contributed by atoms with Crippen molar-refractivity contribution in [2.75, 3.05) is 56.0 Å². The van der Waals surface area contributed by atoms with E-state index in [0.717, 1.165) is 34.3 Å². The smallest absolute Gasteiger partial charge is 0.368 e. The predicted octanol–water partition coefficient (Wildman–Crippen LogP) is 3.96. The van der Waals surface area contributed by atoms with E-state index in [1.165, 1.54) is 17.0 Å². The third-order valence-electron chi connectivity index (χ3n) is 7.43. The lowest BCUT2D eigenvalue weighted by molar-refractivity contribution is -0.138. The molecule has 3 aromatic rings. The van der Waals surface area contributed by atoms with Crippen LogP contribution in [0.2, 0.25) is 0 Å². The van der Waals surface area contributed by atoms with Crippen molar-refractivity contribution in [2.45, 2.75) is 17.1 Å². The van der Waals surface area contributed by atoms with E-state index in [9.17, 15) is 31.2 Å². The fraction of sp³-hybridized carbons (Fsp3) is 0.310. The first-order chi connectivity index (χ1) is 20.0. The lowest BCUT2D eigenvalue weighted by atomic mass is 10.1. The van der Waals surface area contributed by atoms with E-state index in [1.54, 1.807) is 23.1 Å². The number of nitrogens with zero attached hydrogens (tertiary/aromatic N) is 4. The van der Waals surface area contributed by atoms with Crippen LogP contribution in [-0.4, -0.2) is 86.3 Å². The Morgan fingerprint density at radius 2 is 1.31 bits per heavy atom. The van der Waals surface area contributed by atoms with Gasteiger partial charge in [0, 0.05) is 57.2 Å². The highest BCUT2D eigenvalue weighted by molar-refractivity contribution is 7.89. The van der Waals surface area contributed by atoms with Crippen LogP contribution in [0.3, 0.4) is 0 Å². The fourth-order valence-electron chi connectivity index (χ4n) is 5.15. The van der Waals surface area contributed by atoms with E-state index < -0.39 is 39.7 Å². The number of nitrogens with one attached hydrogen (secondary N) is 1. The Balaban J connectivity index is 1.33. The van der Waals surface area contributed by atoms with Gasteiger partial charge in [0.1, 0.15) is 6.04 Å². The molecule has 0 saturated carbocycles. The zero-order chi connectivity index (χ0) is 29.9. The SMILES string of the molecule is O=C(Nc1ccc(C(F)(F)F)cc1)N1CCN(S(=O)(=O)c2ccccc2)C(C(=O)N2CCN(c3ccccc3)CC2)C1. The van der Waals surface area contributed by atoms with Crippen molar-refractivity contribution in [2.24, 2.45) is 0 Å². The van der Waals surface area contributed by atoms with Crippen LogP contribution in [0.1, 0.15) is 5.56 Å². The number of hydrogen-bond acceptors (Lipinski definition) is 5. The monoisotopic (exact) mass is 601 g/mol. The van der Waals surface area contributed by atoms with E-state index in [0.29, 0.717) is 26.2 Å². The summed E-state index contributed by atoms with van der Waals surface area (Å²) in [4.78, 5) is 32.1. The summed E-state index contributed by atoms with van der Waals surface area (Å²) in [6.45, 7) is 1.53. The van der Waals surface area contributed by atoms with Crippen molar-refractivity contribution in [3.05, 3.63) is 90.5 Å². The molecule has 1 atom stereocenters. The van der Waals surface area contributed by atoms with Crippen LogP contribution in [0.5, 0.6) is 0 Å². The number of carbonyl (C=O) groups excluding carboxylic acids is 2. The van der Waals surface area contributed by atoms with Gasteiger partial charge in [0.05, 0.1) is 10.5 Å². The Morgan fingerprint density at radius 3 is 1.90 bits per heavy atom. The van der Waals surface area contributed by atoms with E-state index in [-0.39, 0.29) is 30.2 Å². The van der Waals surface area contributed by atoms with Crippen molar-refractivity contribution < 1.29 is 31.2 Å².